The summed E-state index contributed by atoms with van der Waals surface area (Å²) < 4.78 is 17.8. The number of rotatable bonds is 7. The van der Waals surface area contributed by atoms with Gasteiger partial charge in [0.25, 0.3) is 0 Å². The first kappa shape index (κ1) is 21.0. The van der Waals surface area contributed by atoms with Gasteiger partial charge in [-0.1, -0.05) is 18.2 Å². The van der Waals surface area contributed by atoms with E-state index in [1.165, 1.54) is 27.4 Å². The number of anilines is 1. The second-order valence-corrected chi connectivity index (χ2v) is 6.57. The molecule has 0 aliphatic carbocycles. The van der Waals surface area contributed by atoms with Crippen LogP contribution in [0.1, 0.15) is 17.0 Å². The highest BCUT2D eigenvalue weighted by Crippen LogP contribution is 2.39. The molecule has 156 valence electrons. The quantitative estimate of drug-likeness (QED) is 0.595. The van der Waals surface area contributed by atoms with Crippen molar-refractivity contribution in [3.8, 4) is 22.9 Å². The molecule has 1 amide bonds. The van der Waals surface area contributed by atoms with E-state index in [0.29, 0.717) is 22.9 Å². The molecule has 0 saturated heterocycles. The monoisotopic (exact) mass is 407 g/mol. The number of amides is 1. The second-order valence-electron chi connectivity index (χ2n) is 6.57. The third-order valence-electron chi connectivity index (χ3n) is 4.68. The number of ether oxygens (including phenoxy) is 3. The van der Waals surface area contributed by atoms with Gasteiger partial charge in [-0.15, -0.1) is 0 Å². The number of carbonyl (C=O) groups excluding carboxylic acids is 1. The van der Waals surface area contributed by atoms with Crippen LogP contribution in [0.25, 0.3) is 11.8 Å². The van der Waals surface area contributed by atoms with Crippen molar-refractivity contribution in [2.45, 2.75) is 13.8 Å². The van der Waals surface area contributed by atoms with Crippen molar-refractivity contribution < 1.29 is 19.0 Å². The van der Waals surface area contributed by atoms with Crippen LogP contribution < -0.4 is 19.5 Å². The van der Waals surface area contributed by atoms with Crippen LogP contribution in [0.5, 0.6) is 17.2 Å². The van der Waals surface area contributed by atoms with Gasteiger partial charge < -0.3 is 19.5 Å². The Morgan fingerprint density at radius 2 is 1.63 bits per heavy atom. The summed E-state index contributed by atoms with van der Waals surface area (Å²) in [6, 6.07) is 13.2. The molecular weight excluding hydrogens is 382 g/mol. The molecule has 7 heteroatoms. The van der Waals surface area contributed by atoms with Gasteiger partial charge in [0.05, 0.1) is 32.7 Å². The zero-order chi connectivity index (χ0) is 21.7. The first-order chi connectivity index (χ1) is 14.5. The van der Waals surface area contributed by atoms with E-state index >= 15 is 0 Å². The lowest BCUT2D eigenvalue weighted by Gasteiger charge is -2.14. The fourth-order valence-corrected chi connectivity index (χ4v) is 3.21. The summed E-state index contributed by atoms with van der Waals surface area (Å²) in [6.45, 7) is 3.90. The molecule has 0 aliphatic heterocycles. The van der Waals surface area contributed by atoms with Crippen molar-refractivity contribution in [2.24, 2.45) is 0 Å². The van der Waals surface area contributed by atoms with E-state index in [1.54, 1.807) is 18.2 Å². The predicted octanol–water partition coefficient (Wildman–Crippen LogP) is 4.17. The molecule has 30 heavy (non-hydrogen) atoms. The van der Waals surface area contributed by atoms with Gasteiger partial charge in [0, 0.05) is 35.2 Å². The molecule has 3 rings (SSSR count). The molecule has 2 aromatic carbocycles. The van der Waals surface area contributed by atoms with Gasteiger partial charge in [-0.3, -0.25) is 4.79 Å². The molecule has 0 atom stereocenters. The van der Waals surface area contributed by atoms with Crippen molar-refractivity contribution in [1.82, 2.24) is 9.78 Å². The van der Waals surface area contributed by atoms with Gasteiger partial charge in [0.2, 0.25) is 11.7 Å². The van der Waals surface area contributed by atoms with Crippen molar-refractivity contribution in [1.29, 1.82) is 0 Å². The highest BCUT2D eigenvalue weighted by Gasteiger charge is 2.14. The Labute approximate surface area is 175 Å². The van der Waals surface area contributed by atoms with E-state index in [1.807, 2.05) is 48.9 Å². The summed E-state index contributed by atoms with van der Waals surface area (Å²) in [6.07, 6.45) is 3.25. The van der Waals surface area contributed by atoms with Crippen LogP contribution in [-0.4, -0.2) is 37.0 Å². The second kappa shape index (κ2) is 9.17. The van der Waals surface area contributed by atoms with Crippen LogP contribution in [0, 0.1) is 13.8 Å². The average Bonchev–Trinajstić information content (AvgIpc) is 3.05. The molecule has 0 radical (unpaired) electrons. The van der Waals surface area contributed by atoms with Crippen LogP contribution in [0.3, 0.4) is 0 Å². The molecule has 0 unspecified atom stereocenters. The summed E-state index contributed by atoms with van der Waals surface area (Å²) in [5, 5.41) is 7.42. The molecule has 1 aromatic heterocycles. The average molecular weight is 407 g/mol. The number of carbonyl (C=O) groups is 1. The number of nitrogens with zero attached hydrogens (tertiary/aromatic N) is 2. The minimum absolute atomic E-state index is 0.282. The van der Waals surface area contributed by atoms with Crippen molar-refractivity contribution in [3.05, 3.63) is 65.5 Å². The van der Waals surface area contributed by atoms with Crippen LogP contribution in [0.15, 0.2) is 48.5 Å². The van der Waals surface area contributed by atoms with Gasteiger partial charge in [-0.05, 0) is 32.1 Å². The zero-order valence-corrected chi connectivity index (χ0v) is 17.7. The highest BCUT2D eigenvalue weighted by molar-refractivity contribution is 6.02. The molecule has 7 nitrogen and oxygen atoms in total. The van der Waals surface area contributed by atoms with Crippen LogP contribution in [0.2, 0.25) is 0 Å². The van der Waals surface area contributed by atoms with Gasteiger partial charge in [-0.2, -0.15) is 5.10 Å². The Hall–Kier alpha value is -3.74. The number of para-hydroxylation sites is 1. The lowest BCUT2D eigenvalue weighted by atomic mass is 10.1. The molecule has 0 aliphatic rings. The van der Waals surface area contributed by atoms with Gasteiger partial charge in [0.15, 0.2) is 11.5 Å². The van der Waals surface area contributed by atoms with E-state index in [4.69, 9.17) is 14.2 Å². The van der Waals surface area contributed by atoms with Crippen molar-refractivity contribution in [2.75, 3.05) is 26.6 Å². The Bertz CT molecular complexity index is 1050. The van der Waals surface area contributed by atoms with Crippen LogP contribution in [-0.2, 0) is 4.79 Å². The summed E-state index contributed by atoms with van der Waals surface area (Å²) in [4.78, 5) is 12.5. The minimum atomic E-state index is -0.282. The van der Waals surface area contributed by atoms with Gasteiger partial charge in [0.1, 0.15) is 0 Å². The SMILES string of the molecule is COc1cc(NC(=O)/C=C/c2c(C)nn(-c3ccccc3)c2C)cc(OC)c1OC. The smallest absolute Gasteiger partial charge is 0.248 e. The third-order valence-corrected chi connectivity index (χ3v) is 4.68. The lowest BCUT2D eigenvalue weighted by molar-refractivity contribution is -0.111. The Kier molecular flexibility index (Phi) is 6.41. The standard InChI is InChI=1S/C23H25N3O4/c1-15-19(16(2)26(25-15)18-9-7-6-8-10-18)11-12-22(27)24-17-13-20(28-3)23(30-5)21(14-17)29-4/h6-14H,1-5H3,(H,24,27)/b12-11+. The summed E-state index contributed by atoms with van der Waals surface area (Å²) in [5.74, 6) is 1.11. The molecule has 0 fully saturated rings. The first-order valence-corrected chi connectivity index (χ1v) is 9.39. The number of aryl methyl sites for hydroxylation is 1. The molecule has 1 heterocycles. The van der Waals surface area contributed by atoms with Crippen molar-refractivity contribution >= 4 is 17.7 Å². The molecule has 0 saturated carbocycles. The Balaban J connectivity index is 1.81. The minimum Gasteiger partial charge on any atom is -0.493 e. The zero-order valence-electron chi connectivity index (χ0n) is 17.7. The van der Waals surface area contributed by atoms with E-state index in [2.05, 4.69) is 10.4 Å². The fourth-order valence-electron chi connectivity index (χ4n) is 3.21. The van der Waals surface area contributed by atoms with E-state index in [-0.39, 0.29) is 5.91 Å². The van der Waals surface area contributed by atoms with Gasteiger partial charge in [-0.25, -0.2) is 4.68 Å². The van der Waals surface area contributed by atoms with E-state index in [9.17, 15) is 4.79 Å². The van der Waals surface area contributed by atoms with Crippen LogP contribution >= 0.6 is 0 Å². The Morgan fingerprint density at radius 3 is 2.20 bits per heavy atom. The highest BCUT2D eigenvalue weighted by atomic mass is 16.5. The molecular formula is C23H25N3O4. The maximum Gasteiger partial charge on any atom is 0.248 e. The topological polar surface area (TPSA) is 74.6 Å². The van der Waals surface area contributed by atoms with Crippen molar-refractivity contribution in [3.63, 3.8) is 0 Å². The number of hydrogen-bond donors (Lipinski definition) is 1. The first-order valence-electron chi connectivity index (χ1n) is 9.39. The van der Waals surface area contributed by atoms with Gasteiger partial charge >= 0.3 is 0 Å². The number of nitrogens with one attached hydrogen (secondary N) is 1. The predicted molar refractivity (Wildman–Crippen MR) is 117 cm³/mol. The fraction of sp³-hybridized carbons (Fsp3) is 0.217. The number of methoxy groups -OCH3 is 3. The third kappa shape index (κ3) is 4.30. The molecule has 3 aromatic rings. The van der Waals surface area contributed by atoms with E-state index in [0.717, 1.165) is 22.6 Å². The Morgan fingerprint density at radius 1 is 1.00 bits per heavy atom. The lowest BCUT2D eigenvalue weighted by Crippen LogP contribution is -2.08. The summed E-state index contributed by atoms with van der Waals surface area (Å²) in [5.41, 5.74) is 4.20. The number of benzene rings is 2. The normalized spacial score (nSPS) is 10.8. The number of aromatic nitrogens is 2. The maximum atomic E-state index is 12.5. The summed E-state index contributed by atoms with van der Waals surface area (Å²) in [7, 11) is 4.58. The summed E-state index contributed by atoms with van der Waals surface area (Å²) >= 11 is 0. The maximum absolute atomic E-state index is 12.5. The number of hydrogen-bond acceptors (Lipinski definition) is 5. The molecule has 0 spiro atoms. The van der Waals surface area contributed by atoms with Crippen LogP contribution in [0.4, 0.5) is 5.69 Å². The molecule has 0 bridgehead atoms. The largest absolute Gasteiger partial charge is 0.493 e. The molecule has 1 N–H and O–H groups in total. The van der Waals surface area contributed by atoms with E-state index < -0.39 is 0 Å².